The molecule has 0 N–H and O–H groups in total. The Hall–Kier alpha value is -0.530. The van der Waals surface area contributed by atoms with Crippen LogP contribution in [0.2, 0.25) is 0 Å². The Bertz CT molecular complexity index is 246. The third-order valence-electron chi connectivity index (χ3n) is 5.33. The van der Waals surface area contributed by atoms with Gasteiger partial charge in [0, 0.05) is 0 Å². The molecule has 0 unspecified atom stereocenters. The highest BCUT2D eigenvalue weighted by Crippen LogP contribution is 2.41. The van der Waals surface area contributed by atoms with Crippen molar-refractivity contribution in [2.45, 2.75) is 95.5 Å². The Morgan fingerprint density at radius 2 is 1.21 bits per heavy atom. The Balaban J connectivity index is 2.06. The zero-order valence-corrected chi connectivity index (χ0v) is 12.4. The average molecular weight is 266 g/mol. The zero-order chi connectivity index (χ0) is 13.4. The van der Waals surface area contributed by atoms with Crippen LogP contribution in [0.3, 0.4) is 0 Å². The first kappa shape index (κ1) is 14.9. The molecule has 0 heterocycles. The topological polar surface area (TPSA) is 26.3 Å². The van der Waals surface area contributed by atoms with Gasteiger partial charge >= 0.3 is 0 Å². The maximum Gasteiger partial charge on any atom is 0.293 e. The second-order valence-electron chi connectivity index (χ2n) is 6.59. The Morgan fingerprint density at radius 1 is 0.737 bits per heavy atom. The molecule has 2 aliphatic carbocycles. The van der Waals surface area contributed by atoms with E-state index in [2.05, 4.69) is 0 Å². The van der Waals surface area contributed by atoms with Gasteiger partial charge in [0.05, 0.1) is 0 Å². The summed E-state index contributed by atoms with van der Waals surface area (Å²) < 4.78 is 5.76. The third kappa shape index (κ3) is 4.22. The van der Waals surface area contributed by atoms with E-state index in [9.17, 15) is 4.79 Å². The first-order valence-corrected chi connectivity index (χ1v) is 8.49. The molecule has 2 heteroatoms. The first-order valence-electron chi connectivity index (χ1n) is 8.49. The van der Waals surface area contributed by atoms with Crippen molar-refractivity contribution < 1.29 is 9.53 Å². The molecule has 2 aliphatic rings. The van der Waals surface area contributed by atoms with Gasteiger partial charge in [-0.25, -0.2) is 0 Å². The summed E-state index contributed by atoms with van der Waals surface area (Å²) in [6.07, 6.45) is 18.0. The maximum absolute atomic E-state index is 11.1. The highest BCUT2D eigenvalue weighted by molar-refractivity contribution is 5.38. The summed E-state index contributed by atoms with van der Waals surface area (Å²) in [5.74, 6) is 0.621. The molecule has 0 aromatic heterocycles. The molecule has 0 aliphatic heterocycles. The SMILES string of the molecule is O=COC1(C2CCCCCCC2)CCCCCCC1. The van der Waals surface area contributed by atoms with Crippen LogP contribution in [0.1, 0.15) is 89.9 Å². The van der Waals surface area contributed by atoms with E-state index in [1.54, 1.807) is 0 Å². The summed E-state index contributed by atoms with van der Waals surface area (Å²) in [6.45, 7) is 0.736. The van der Waals surface area contributed by atoms with Crippen molar-refractivity contribution in [2.75, 3.05) is 0 Å². The molecule has 2 fully saturated rings. The van der Waals surface area contributed by atoms with Crippen molar-refractivity contribution in [1.82, 2.24) is 0 Å². The van der Waals surface area contributed by atoms with Crippen molar-refractivity contribution in [3.63, 3.8) is 0 Å². The van der Waals surface area contributed by atoms with Gasteiger partial charge in [0.2, 0.25) is 0 Å². The number of hydrogen-bond acceptors (Lipinski definition) is 2. The van der Waals surface area contributed by atoms with Gasteiger partial charge in [-0.1, -0.05) is 51.4 Å². The smallest absolute Gasteiger partial charge is 0.293 e. The minimum absolute atomic E-state index is 0.112. The van der Waals surface area contributed by atoms with Crippen molar-refractivity contribution in [1.29, 1.82) is 0 Å². The van der Waals surface area contributed by atoms with E-state index in [1.807, 2.05) is 0 Å². The van der Waals surface area contributed by atoms with E-state index in [1.165, 1.54) is 77.0 Å². The lowest BCUT2D eigenvalue weighted by atomic mass is 9.72. The van der Waals surface area contributed by atoms with Crippen LogP contribution in [0.5, 0.6) is 0 Å². The van der Waals surface area contributed by atoms with E-state index in [-0.39, 0.29) is 5.60 Å². The number of rotatable bonds is 3. The van der Waals surface area contributed by atoms with E-state index in [4.69, 9.17) is 4.74 Å². The fraction of sp³-hybridized carbons (Fsp3) is 0.941. The lowest BCUT2D eigenvalue weighted by molar-refractivity contribution is -0.155. The van der Waals surface area contributed by atoms with Crippen LogP contribution >= 0.6 is 0 Å². The van der Waals surface area contributed by atoms with Crippen LogP contribution in [0.25, 0.3) is 0 Å². The Labute approximate surface area is 118 Å². The number of carbonyl (C=O) groups is 1. The molecule has 0 bridgehead atoms. The Morgan fingerprint density at radius 3 is 1.74 bits per heavy atom. The average Bonchev–Trinajstić information content (AvgIpc) is 2.33. The normalized spacial score (nSPS) is 26.5. The fourth-order valence-electron chi connectivity index (χ4n) is 4.20. The molecule has 0 amide bonds. The number of carbonyl (C=O) groups excluding carboxylic acids is 1. The van der Waals surface area contributed by atoms with Gasteiger partial charge in [-0.05, 0) is 44.4 Å². The van der Waals surface area contributed by atoms with E-state index in [0.29, 0.717) is 5.92 Å². The van der Waals surface area contributed by atoms with Crippen LogP contribution in [0, 0.1) is 5.92 Å². The zero-order valence-electron chi connectivity index (χ0n) is 12.4. The second kappa shape index (κ2) is 7.91. The summed E-state index contributed by atoms with van der Waals surface area (Å²) in [5, 5.41) is 0. The molecular weight excluding hydrogens is 236 g/mol. The van der Waals surface area contributed by atoms with Crippen LogP contribution in [-0.4, -0.2) is 12.1 Å². The van der Waals surface area contributed by atoms with Gasteiger partial charge in [0.15, 0.2) is 0 Å². The number of hydrogen-bond donors (Lipinski definition) is 0. The highest BCUT2D eigenvalue weighted by Gasteiger charge is 2.39. The second-order valence-corrected chi connectivity index (χ2v) is 6.59. The summed E-state index contributed by atoms with van der Waals surface area (Å²) in [6, 6.07) is 0. The largest absolute Gasteiger partial charge is 0.461 e. The summed E-state index contributed by atoms with van der Waals surface area (Å²) in [4.78, 5) is 11.1. The van der Waals surface area contributed by atoms with Crippen LogP contribution in [0.4, 0.5) is 0 Å². The summed E-state index contributed by atoms with van der Waals surface area (Å²) >= 11 is 0. The van der Waals surface area contributed by atoms with E-state index < -0.39 is 0 Å². The molecule has 110 valence electrons. The molecule has 19 heavy (non-hydrogen) atoms. The fourth-order valence-corrected chi connectivity index (χ4v) is 4.20. The molecule has 2 saturated carbocycles. The number of ether oxygens (including phenoxy) is 1. The molecule has 0 aromatic carbocycles. The van der Waals surface area contributed by atoms with Crippen molar-refractivity contribution in [3.05, 3.63) is 0 Å². The van der Waals surface area contributed by atoms with Gasteiger partial charge in [-0.3, -0.25) is 4.79 Å². The minimum atomic E-state index is -0.112. The van der Waals surface area contributed by atoms with Crippen LogP contribution in [-0.2, 0) is 9.53 Å². The Kier molecular flexibility index (Phi) is 6.19. The predicted molar refractivity (Wildman–Crippen MR) is 78.0 cm³/mol. The molecule has 2 nitrogen and oxygen atoms in total. The van der Waals surface area contributed by atoms with E-state index in [0.717, 1.165) is 19.3 Å². The van der Waals surface area contributed by atoms with Gasteiger partial charge in [-0.15, -0.1) is 0 Å². The van der Waals surface area contributed by atoms with E-state index >= 15 is 0 Å². The lowest BCUT2D eigenvalue weighted by Gasteiger charge is -2.41. The molecule has 0 atom stereocenters. The van der Waals surface area contributed by atoms with Gasteiger partial charge in [-0.2, -0.15) is 0 Å². The molecule has 0 radical (unpaired) electrons. The molecule has 0 saturated heterocycles. The van der Waals surface area contributed by atoms with Crippen molar-refractivity contribution in [2.24, 2.45) is 5.92 Å². The monoisotopic (exact) mass is 266 g/mol. The van der Waals surface area contributed by atoms with Gasteiger partial charge in [0.1, 0.15) is 5.60 Å². The maximum atomic E-state index is 11.1. The molecular formula is C17H30O2. The summed E-state index contributed by atoms with van der Waals surface area (Å²) in [5.41, 5.74) is -0.112. The first-order chi connectivity index (χ1) is 9.37. The van der Waals surface area contributed by atoms with Crippen molar-refractivity contribution in [3.8, 4) is 0 Å². The van der Waals surface area contributed by atoms with Crippen molar-refractivity contribution >= 4 is 6.47 Å². The molecule has 0 aromatic rings. The molecule has 0 spiro atoms. The third-order valence-corrected chi connectivity index (χ3v) is 5.33. The molecule has 2 rings (SSSR count). The highest BCUT2D eigenvalue weighted by atomic mass is 16.5. The summed E-state index contributed by atoms with van der Waals surface area (Å²) in [7, 11) is 0. The minimum Gasteiger partial charge on any atom is -0.461 e. The van der Waals surface area contributed by atoms with Crippen LogP contribution in [0.15, 0.2) is 0 Å². The van der Waals surface area contributed by atoms with Gasteiger partial charge < -0.3 is 4.74 Å². The lowest BCUT2D eigenvalue weighted by Crippen LogP contribution is -2.41. The quantitative estimate of drug-likeness (QED) is 0.672. The van der Waals surface area contributed by atoms with Crippen LogP contribution < -0.4 is 0 Å². The standard InChI is InChI=1S/C17H30O2/c18-15-19-17(13-9-5-2-6-10-14-17)16-11-7-3-1-4-8-12-16/h15-16H,1-14H2. The predicted octanol–water partition coefficient (Wildman–Crippen LogP) is 5.00. The van der Waals surface area contributed by atoms with Gasteiger partial charge in [0.25, 0.3) is 6.47 Å².